The number of nitrogens with zero attached hydrogens (tertiary/aromatic N) is 1. The van der Waals surface area contributed by atoms with E-state index in [-0.39, 0.29) is 11.5 Å². The van der Waals surface area contributed by atoms with E-state index in [1.54, 1.807) is 7.11 Å². The van der Waals surface area contributed by atoms with Crippen LogP contribution in [0.3, 0.4) is 0 Å². The van der Waals surface area contributed by atoms with Crippen molar-refractivity contribution in [3.63, 3.8) is 0 Å². The summed E-state index contributed by atoms with van der Waals surface area (Å²) in [6, 6.07) is 4.15. The Kier molecular flexibility index (Phi) is 3.47. The van der Waals surface area contributed by atoms with Gasteiger partial charge in [0.2, 0.25) is 0 Å². The predicted molar refractivity (Wildman–Crippen MR) is 88.9 cm³/mol. The molecule has 4 heteroatoms. The van der Waals surface area contributed by atoms with Gasteiger partial charge in [-0.3, -0.25) is 4.90 Å². The Labute approximate surface area is 137 Å². The molecule has 0 saturated heterocycles. The van der Waals surface area contributed by atoms with Crippen LogP contribution in [0, 0.1) is 0 Å². The van der Waals surface area contributed by atoms with Gasteiger partial charge in [-0.2, -0.15) is 0 Å². The molecule has 1 spiro atoms. The Balaban J connectivity index is 1.88. The lowest BCUT2D eigenvalue weighted by molar-refractivity contribution is 0.0816. The van der Waals surface area contributed by atoms with Crippen molar-refractivity contribution in [2.45, 2.75) is 37.0 Å². The lowest BCUT2D eigenvalue weighted by atomic mass is 9.69. The lowest BCUT2D eigenvalue weighted by Crippen LogP contribution is -2.43. The molecular weight excluding hydrogens is 290 g/mol. The molecule has 23 heavy (non-hydrogen) atoms. The summed E-state index contributed by atoms with van der Waals surface area (Å²) in [6.07, 6.45) is 7.25. The molecule has 1 aromatic rings. The molecule has 0 bridgehead atoms. The zero-order chi connectivity index (χ0) is 16.0. The molecule has 3 aliphatic rings. The van der Waals surface area contributed by atoms with Gasteiger partial charge in [0.05, 0.1) is 18.6 Å². The first-order chi connectivity index (χ1) is 11.2. The van der Waals surface area contributed by atoms with E-state index in [4.69, 9.17) is 9.47 Å². The van der Waals surface area contributed by atoms with Crippen LogP contribution in [-0.2, 0) is 12.0 Å². The molecule has 3 atom stereocenters. The Morgan fingerprint density at radius 3 is 3.17 bits per heavy atom. The quantitative estimate of drug-likeness (QED) is 0.870. The zero-order valence-corrected chi connectivity index (χ0v) is 13.5. The summed E-state index contributed by atoms with van der Waals surface area (Å²) in [7, 11) is 1.68. The average molecular weight is 313 g/mol. The molecule has 0 amide bonds. The standard InChI is InChI=1S/C19H23NO3/c1-3-9-20-10-8-19-7-6-14(21)11-16(19)23-18-15(22-2)5-4-13(12-20)17(18)19/h3-7,14,16,21H,1,8-12H2,2H3/t14-,16?,19?/m0/s1. The smallest absolute Gasteiger partial charge is 0.166 e. The summed E-state index contributed by atoms with van der Waals surface area (Å²) in [5.41, 5.74) is 2.41. The fraction of sp³-hybridized carbons (Fsp3) is 0.474. The maximum absolute atomic E-state index is 10.0. The van der Waals surface area contributed by atoms with Crippen LogP contribution < -0.4 is 9.47 Å². The minimum atomic E-state index is -0.429. The van der Waals surface area contributed by atoms with E-state index in [0.29, 0.717) is 6.42 Å². The van der Waals surface area contributed by atoms with E-state index in [2.05, 4.69) is 23.6 Å². The fourth-order valence-electron chi connectivity index (χ4n) is 4.33. The molecule has 1 aromatic carbocycles. The second-order valence-electron chi connectivity index (χ2n) is 6.71. The van der Waals surface area contributed by atoms with Gasteiger partial charge in [0.1, 0.15) is 6.10 Å². The number of rotatable bonds is 3. The summed E-state index contributed by atoms with van der Waals surface area (Å²) in [5, 5.41) is 10.0. The molecule has 2 unspecified atom stereocenters. The third-order valence-electron chi connectivity index (χ3n) is 5.42. The Hall–Kier alpha value is -1.78. The predicted octanol–water partition coefficient (Wildman–Crippen LogP) is 2.41. The van der Waals surface area contributed by atoms with E-state index in [1.165, 1.54) is 11.1 Å². The van der Waals surface area contributed by atoms with Crippen molar-refractivity contribution in [2.75, 3.05) is 20.2 Å². The SMILES string of the molecule is C=CCN1CCC23C=C[C@H](O)CC2Oc2c(OC)ccc(c23)C1. The molecular formula is C19H23NO3. The van der Waals surface area contributed by atoms with Crippen molar-refractivity contribution in [3.05, 3.63) is 48.1 Å². The molecule has 1 aliphatic carbocycles. The Morgan fingerprint density at radius 2 is 2.39 bits per heavy atom. The van der Waals surface area contributed by atoms with Crippen LogP contribution in [0.15, 0.2) is 36.9 Å². The van der Waals surface area contributed by atoms with Crippen LogP contribution in [-0.4, -0.2) is 42.4 Å². The molecule has 4 rings (SSSR count). The van der Waals surface area contributed by atoms with Crippen LogP contribution in [0.4, 0.5) is 0 Å². The fourth-order valence-corrected chi connectivity index (χ4v) is 4.33. The minimum Gasteiger partial charge on any atom is -0.493 e. The van der Waals surface area contributed by atoms with Gasteiger partial charge < -0.3 is 14.6 Å². The van der Waals surface area contributed by atoms with Gasteiger partial charge >= 0.3 is 0 Å². The first-order valence-electron chi connectivity index (χ1n) is 8.25. The zero-order valence-electron chi connectivity index (χ0n) is 13.5. The average Bonchev–Trinajstić information content (AvgIpc) is 2.79. The van der Waals surface area contributed by atoms with Crippen LogP contribution in [0.5, 0.6) is 11.5 Å². The topological polar surface area (TPSA) is 41.9 Å². The number of ether oxygens (including phenoxy) is 2. The van der Waals surface area contributed by atoms with Gasteiger partial charge in [0, 0.05) is 31.6 Å². The van der Waals surface area contributed by atoms with Gasteiger partial charge in [-0.05, 0) is 18.1 Å². The van der Waals surface area contributed by atoms with Gasteiger partial charge in [-0.1, -0.05) is 24.3 Å². The Bertz CT molecular complexity index is 669. The molecule has 2 aliphatic heterocycles. The molecule has 0 radical (unpaired) electrons. The second-order valence-corrected chi connectivity index (χ2v) is 6.71. The van der Waals surface area contributed by atoms with Crippen molar-refractivity contribution in [2.24, 2.45) is 0 Å². The third kappa shape index (κ3) is 2.12. The lowest BCUT2D eigenvalue weighted by Gasteiger charge is -2.35. The third-order valence-corrected chi connectivity index (χ3v) is 5.42. The van der Waals surface area contributed by atoms with Crippen LogP contribution in [0.1, 0.15) is 24.0 Å². The Morgan fingerprint density at radius 1 is 1.52 bits per heavy atom. The number of hydrogen-bond donors (Lipinski definition) is 1. The van der Waals surface area contributed by atoms with Crippen molar-refractivity contribution >= 4 is 0 Å². The molecule has 0 aromatic heterocycles. The van der Waals surface area contributed by atoms with Crippen molar-refractivity contribution in [3.8, 4) is 11.5 Å². The number of aliphatic hydroxyl groups excluding tert-OH is 1. The summed E-state index contributed by atoms with van der Waals surface area (Å²) in [4.78, 5) is 2.41. The summed E-state index contributed by atoms with van der Waals surface area (Å²) < 4.78 is 11.8. The maximum Gasteiger partial charge on any atom is 0.166 e. The summed E-state index contributed by atoms with van der Waals surface area (Å²) in [5.74, 6) is 1.66. The highest BCUT2D eigenvalue weighted by atomic mass is 16.5. The highest BCUT2D eigenvalue weighted by Gasteiger charge is 2.52. The number of hydrogen-bond acceptors (Lipinski definition) is 4. The first kappa shape index (κ1) is 14.8. The van der Waals surface area contributed by atoms with Crippen molar-refractivity contribution in [1.82, 2.24) is 4.90 Å². The van der Waals surface area contributed by atoms with Crippen LogP contribution >= 0.6 is 0 Å². The van der Waals surface area contributed by atoms with Gasteiger partial charge in [0.15, 0.2) is 11.5 Å². The van der Waals surface area contributed by atoms with Crippen molar-refractivity contribution in [1.29, 1.82) is 0 Å². The monoisotopic (exact) mass is 313 g/mol. The summed E-state index contributed by atoms with van der Waals surface area (Å²) >= 11 is 0. The first-order valence-corrected chi connectivity index (χ1v) is 8.25. The second kappa shape index (κ2) is 5.39. The van der Waals surface area contributed by atoms with E-state index in [0.717, 1.165) is 37.6 Å². The summed E-state index contributed by atoms with van der Waals surface area (Å²) in [6.45, 7) is 6.64. The van der Waals surface area contributed by atoms with E-state index in [1.807, 2.05) is 18.2 Å². The maximum atomic E-state index is 10.0. The number of aliphatic hydroxyl groups is 1. The van der Waals surface area contributed by atoms with Gasteiger partial charge in [0.25, 0.3) is 0 Å². The van der Waals surface area contributed by atoms with Crippen LogP contribution in [0.2, 0.25) is 0 Å². The van der Waals surface area contributed by atoms with E-state index < -0.39 is 6.10 Å². The normalized spacial score (nSPS) is 31.7. The van der Waals surface area contributed by atoms with Gasteiger partial charge in [-0.25, -0.2) is 0 Å². The van der Waals surface area contributed by atoms with E-state index >= 15 is 0 Å². The van der Waals surface area contributed by atoms with E-state index in [9.17, 15) is 5.11 Å². The molecule has 4 nitrogen and oxygen atoms in total. The molecule has 2 heterocycles. The highest BCUT2D eigenvalue weighted by Crippen LogP contribution is 2.55. The van der Waals surface area contributed by atoms with Crippen molar-refractivity contribution < 1.29 is 14.6 Å². The molecule has 1 N–H and O–H groups in total. The van der Waals surface area contributed by atoms with Gasteiger partial charge in [-0.15, -0.1) is 6.58 Å². The highest BCUT2D eigenvalue weighted by molar-refractivity contribution is 5.61. The minimum absolute atomic E-state index is 0.0174. The molecule has 0 fully saturated rings. The molecule has 122 valence electrons. The van der Waals surface area contributed by atoms with Crippen LogP contribution in [0.25, 0.3) is 0 Å². The molecule has 0 saturated carbocycles. The number of benzene rings is 1. The largest absolute Gasteiger partial charge is 0.493 e. The number of methoxy groups -OCH3 is 1.